The zero-order valence-corrected chi connectivity index (χ0v) is 17.0. The molecule has 0 atom stereocenters. The molecule has 0 amide bonds. The molecule has 0 N–H and O–H groups in total. The summed E-state index contributed by atoms with van der Waals surface area (Å²) in [7, 11) is 0. The van der Waals surface area contributed by atoms with Crippen LogP contribution in [0.15, 0.2) is 95.9 Å². The molecule has 0 unspecified atom stereocenters. The van der Waals surface area contributed by atoms with Crippen molar-refractivity contribution in [3.63, 3.8) is 0 Å². The zero-order valence-electron chi connectivity index (χ0n) is 16.3. The SMILES string of the molecule is O=C(Oc1ccc(OCc2ccccc2)cc1)c1nn(-c2ccc(Cl)cc2)ccc1=O. The third-order valence-electron chi connectivity index (χ3n) is 4.38. The lowest BCUT2D eigenvalue weighted by Gasteiger charge is -2.09. The van der Waals surface area contributed by atoms with Crippen LogP contribution < -0.4 is 14.9 Å². The number of benzene rings is 3. The third kappa shape index (κ3) is 5.18. The molecule has 3 aromatic carbocycles. The Morgan fingerprint density at radius 3 is 2.26 bits per heavy atom. The molecule has 0 bridgehead atoms. The number of esters is 1. The number of rotatable bonds is 6. The van der Waals surface area contributed by atoms with E-state index in [0.717, 1.165) is 5.56 Å². The van der Waals surface area contributed by atoms with Crippen molar-refractivity contribution in [2.24, 2.45) is 0 Å². The van der Waals surface area contributed by atoms with Crippen molar-refractivity contribution in [2.75, 3.05) is 0 Å². The van der Waals surface area contributed by atoms with Gasteiger partial charge in [-0.1, -0.05) is 41.9 Å². The predicted octanol–water partition coefficient (Wildman–Crippen LogP) is 4.68. The Kier molecular flexibility index (Phi) is 6.10. The average molecular weight is 433 g/mol. The number of hydrogen-bond acceptors (Lipinski definition) is 5. The Labute approximate surface area is 183 Å². The van der Waals surface area contributed by atoms with Gasteiger partial charge in [-0.05, 0) is 54.1 Å². The third-order valence-corrected chi connectivity index (χ3v) is 4.63. The van der Waals surface area contributed by atoms with Crippen molar-refractivity contribution in [3.8, 4) is 17.2 Å². The van der Waals surface area contributed by atoms with Crippen molar-refractivity contribution < 1.29 is 14.3 Å². The minimum atomic E-state index is -0.841. The Balaban J connectivity index is 1.45. The number of hydrogen-bond donors (Lipinski definition) is 0. The van der Waals surface area contributed by atoms with Crippen LogP contribution in [0.3, 0.4) is 0 Å². The molecule has 1 heterocycles. The monoisotopic (exact) mass is 432 g/mol. The zero-order chi connectivity index (χ0) is 21.6. The van der Waals surface area contributed by atoms with Crippen molar-refractivity contribution in [1.82, 2.24) is 9.78 Å². The standard InChI is InChI=1S/C24H17ClN2O4/c25-18-6-8-19(9-7-18)27-15-14-22(28)23(26-27)24(29)31-21-12-10-20(11-13-21)30-16-17-4-2-1-3-5-17/h1-15H,16H2. The van der Waals surface area contributed by atoms with Gasteiger partial charge in [0.25, 0.3) is 0 Å². The van der Waals surface area contributed by atoms with Crippen molar-refractivity contribution >= 4 is 17.6 Å². The lowest BCUT2D eigenvalue weighted by molar-refractivity contribution is 0.0725. The van der Waals surface area contributed by atoms with Crippen LogP contribution in [0.2, 0.25) is 5.02 Å². The smallest absolute Gasteiger partial charge is 0.368 e. The second-order valence-corrected chi connectivity index (χ2v) is 7.02. The fraction of sp³-hybridized carbons (Fsp3) is 0.0417. The minimum absolute atomic E-state index is 0.278. The number of carbonyl (C=O) groups excluding carboxylic acids is 1. The summed E-state index contributed by atoms with van der Waals surface area (Å²) in [5.74, 6) is 0.0676. The highest BCUT2D eigenvalue weighted by molar-refractivity contribution is 6.30. The van der Waals surface area contributed by atoms with Gasteiger partial charge in [0.05, 0.1) is 5.69 Å². The Morgan fingerprint density at radius 1 is 0.871 bits per heavy atom. The summed E-state index contributed by atoms with van der Waals surface area (Å²) in [5, 5.41) is 4.68. The van der Waals surface area contributed by atoms with Gasteiger partial charge in [-0.25, -0.2) is 9.48 Å². The molecule has 1 aromatic heterocycles. The average Bonchev–Trinajstić information content (AvgIpc) is 2.80. The summed E-state index contributed by atoms with van der Waals surface area (Å²) in [4.78, 5) is 24.7. The second-order valence-electron chi connectivity index (χ2n) is 6.58. The molecule has 0 radical (unpaired) electrons. The largest absolute Gasteiger partial charge is 0.489 e. The lowest BCUT2D eigenvalue weighted by atomic mass is 10.2. The summed E-state index contributed by atoms with van der Waals surface area (Å²) in [6, 6.07) is 24.4. The first kappa shape index (κ1) is 20.4. The molecule has 0 spiro atoms. The quantitative estimate of drug-likeness (QED) is 0.326. The Morgan fingerprint density at radius 2 is 1.55 bits per heavy atom. The first-order valence-electron chi connectivity index (χ1n) is 9.43. The van der Waals surface area contributed by atoms with E-state index in [4.69, 9.17) is 21.1 Å². The maximum atomic E-state index is 12.5. The molecule has 0 saturated carbocycles. The Hall–Kier alpha value is -3.90. The first-order valence-corrected chi connectivity index (χ1v) is 9.81. The molecule has 6 nitrogen and oxygen atoms in total. The maximum absolute atomic E-state index is 12.5. The van der Waals surface area contributed by atoms with Gasteiger partial charge in [-0.2, -0.15) is 5.10 Å². The van der Waals surface area contributed by atoms with Crippen LogP contribution in [0, 0.1) is 0 Å². The first-order chi connectivity index (χ1) is 15.1. The highest BCUT2D eigenvalue weighted by atomic mass is 35.5. The van der Waals surface area contributed by atoms with Crippen LogP contribution in [0.25, 0.3) is 5.69 Å². The topological polar surface area (TPSA) is 70.4 Å². The summed E-state index contributed by atoms with van der Waals surface area (Å²) in [6.45, 7) is 0.429. The van der Waals surface area contributed by atoms with E-state index >= 15 is 0 Å². The molecule has 0 aliphatic heterocycles. The number of ether oxygens (including phenoxy) is 2. The molecule has 154 valence electrons. The van der Waals surface area contributed by atoms with Gasteiger partial charge >= 0.3 is 5.97 Å². The van der Waals surface area contributed by atoms with Crippen molar-refractivity contribution in [3.05, 3.63) is 118 Å². The van der Waals surface area contributed by atoms with Crippen LogP contribution in [0.4, 0.5) is 0 Å². The normalized spacial score (nSPS) is 10.5. The van der Waals surface area contributed by atoms with Gasteiger partial charge in [0.2, 0.25) is 11.1 Å². The van der Waals surface area contributed by atoms with Gasteiger partial charge in [-0.15, -0.1) is 0 Å². The molecule has 0 saturated heterocycles. The van der Waals surface area contributed by atoms with E-state index in [1.807, 2.05) is 30.3 Å². The number of nitrogens with zero attached hydrogens (tertiary/aromatic N) is 2. The van der Waals surface area contributed by atoms with Crippen LogP contribution in [-0.4, -0.2) is 15.7 Å². The molecule has 7 heteroatoms. The number of halogens is 1. The summed E-state index contributed by atoms with van der Waals surface area (Å²) < 4.78 is 12.4. The maximum Gasteiger partial charge on any atom is 0.368 e. The van der Waals surface area contributed by atoms with Gasteiger partial charge in [0.15, 0.2) is 0 Å². The van der Waals surface area contributed by atoms with Crippen LogP contribution >= 0.6 is 11.6 Å². The van der Waals surface area contributed by atoms with Crippen molar-refractivity contribution in [1.29, 1.82) is 0 Å². The van der Waals surface area contributed by atoms with Gasteiger partial charge < -0.3 is 9.47 Å². The molecular formula is C24H17ClN2O4. The van der Waals surface area contributed by atoms with E-state index in [1.54, 1.807) is 48.5 Å². The van der Waals surface area contributed by atoms with E-state index in [9.17, 15) is 9.59 Å². The molecule has 4 rings (SSSR count). The summed E-state index contributed by atoms with van der Waals surface area (Å²) >= 11 is 5.90. The van der Waals surface area contributed by atoms with Crippen LogP contribution in [0.5, 0.6) is 11.5 Å². The van der Waals surface area contributed by atoms with Crippen LogP contribution in [-0.2, 0) is 6.61 Å². The van der Waals surface area contributed by atoms with E-state index in [0.29, 0.717) is 23.1 Å². The molecule has 0 aliphatic carbocycles. The lowest BCUT2D eigenvalue weighted by Crippen LogP contribution is -2.24. The molecule has 0 aliphatic rings. The summed E-state index contributed by atoms with van der Waals surface area (Å²) in [6.07, 6.45) is 1.47. The Bertz CT molecular complexity index is 1240. The fourth-order valence-electron chi connectivity index (χ4n) is 2.79. The predicted molar refractivity (Wildman–Crippen MR) is 117 cm³/mol. The van der Waals surface area contributed by atoms with Gasteiger partial charge in [0.1, 0.15) is 18.1 Å². The molecule has 4 aromatic rings. The van der Waals surface area contributed by atoms with Crippen molar-refractivity contribution in [2.45, 2.75) is 6.61 Å². The van der Waals surface area contributed by atoms with Gasteiger partial charge in [0, 0.05) is 17.3 Å². The van der Waals surface area contributed by atoms with E-state index < -0.39 is 11.4 Å². The van der Waals surface area contributed by atoms with E-state index in [1.165, 1.54) is 16.9 Å². The van der Waals surface area contributed by atoms with E-state index in [2.05, 4.69) is 5.10 Å². The molecule has 31 heavy (non-hydrogen) atoms. The number of carbonyl (C=O) groups is 1. The van der Waals surface area contributed by atoms with E-state index in [-0.39, 0.29) is 11.4 Å². The molecular weight excluding hydrogens is 416 g/mol. The highest BCUT2D eigenvalue weighted by Gasteiger charge is 2.16. The minimum Gasteiger partial charge on any atom is -0.489 e. The number of aromatic nitrogens is 2. The van der Waals surface area contributed by atoms with Crippen LogP contribution in [0.1, 0.15) is 16.1 Å². The second kappa shape index (κ2) is 9.28. The molecule has 0 fully saturated rings. The van der Waals surface area contributed by atoms with Gasteiger partial charge in [-0.3, -0.25) is 4.79 Å². The highest BCUT2D eigenvalue weighted by Crippen LogP contribution is 2.19. The summed E-state index contributed by atoms with van der Waals surface area (Å²) in [5.41, 5.74) is 0.850. The fourth-order valence-corrected chi connectivity index (χ4v) is 2.91.